The lowest BCUT2D eigenvalue weighted by Crippen LogP contribution is -2.32. The molecule has 0 aliphatic carbocycles. The Morgan fingerprint density at radius 2 is 1.48 bits per heavy atom. The highest BCUT2D eigenvalue weighted by Crippen LogP contribution is 2.44. The van der Waals surface area contributed by atoms with Crippen LogP contribution in [0.3, 0.4) is 0 Å². The minimum atomic E-state index is 0.386. The van der Waals surface area contributed by atoms with E-state index in [9.17, 15) is 0 Å². The van der Waals surface area contributed by atoms with Crippen molar-refractivity contribution in [2.45, 2.75) is 13.0 Å². The van der Waals surface area contributed by atoms with Crippen LogP contribution in [0.2, 0.25) is 0 Å². The van der Waals surface area contributed by atoms with Gasteiger partial charge in [-0.05, 0) is 24.1 Å². The lowest BCUT2D eigenvalue weighted by Gasteiger charge is -2.31. The molecule has 1 aliphatic rings. The molecule has 0 spiro atoms. The summed E-state index contributed by atoms with van der Waals surface area (Å²) in [7, 11) is 8.03. The Bertz CT molecular complexity index is 1140. The molecule has 9 nitrogen and oxygen atoms in total. The minimum absolute atomic E-state index is 0.386. The minimum Gasteiger partial charge on any atom is -0.493 e. The van der Waals surface area contributed by atoms with Crippen molar-refractivity contribution in [1.29, 1.82) is 0 Å². The van der Waals surface area contributed by atoms with Gasteiger partial charge in [0, 0.05) is 30.1 Å². The van der Waals surface area contributed by atoms with E-state index in [0.717, 1.165) is 17.5 Å². The van der Waals surface area contributed by atoms with Crippen LogP contribution in [-0.4, -0.2) is 52.1 Å². The average Bonchev–Trinajstić information content (AvgIpc) is 2.81. The molecular formula is C22H26N4O5. The molecule has 2 heterocycles. The highest BCUT2D eigenvalue weighted by atomic mass is 16.5. The number of nitrogens with two attached hydrogens (primary N) is 1. The lowest BCUT2D eigenvalue weighted by molar-refractivity contribution is 0.320. The number of hydrogen-bond acceptors (Lipinski definition) is 9. The first-order valence-electron chi connectivity index (χ1n) is 9.79. The Morgan fingerprint density at radius 1 is 0.806 bits per heavy atom. The van der Waals surface area contributed by atoms with E-state index in [1.165, 1.54) is 0 Å². The van der Waals surface area contributed by atoms with Gasteiger partial charge < -0.3 is 34.3 Å². The summed E-state index contributed by atoms with van der Waals surface area (Å²) in [5.41, 5.74) is 9.12. The van der Waals surface area contributed by atoms with Crippen LogP contribution in [-0.2, 0) is 13.0 Å². The highest BCUT2D eigenvalue weighted by Gasteiger charge is 2.27. The third-order valence-corrected chi connectivity index (χ3v) is 5.52. The number of ether oxygens (including phenoxy) is 5. The Labute approximate surface area is 180 Å². The number of nitrogens with zero attached hydrogens (tertiary/aromatic N) is 3. The first-order chi connectivity index (χ1) is 15.0. The van der Waals surface area contributed by atoms with Crippen LogP contribution >= 0.6 is 0 Å². The quantitative estimate of drug-likeness (QED) is 0.637. The van der Waals surface area contributed by atoms with Gasteiger partial charge >= 0.3 is 0 Å². The van der Waals surface area contributed by atoms with E-state index < -0.39 is 0 Å². The molecule has 0 saturated carbocycles. The van der Waals surface area contributed by atoms with Crippen LogP contribution in [0, 0.1) is 0 Å². The number of methoxy groups -OCH3 is 5. The second kappa shape index (κ2) is 8.25. The number of benzene rings is 2. The summed E-state index contributed by atoms with van der Waals surface area (Å²) in [4.78, 5) is 11.4. The molecule has 0 radical (unpaired) electrons. The number of nitrogen functional groups attached to an aromatic ring is 1. The highest BCUT2D eigenvalue weighted by molar-refractivity contribution is 5.91. The van der Waals surface area contributed by atoms with Gasteiger partial charge in [-0.1, -0.05) is 0 Å². The van der Waals surface area contributed by atoms with Gasteiger partial charge in [0.15, 0.2) is 23.0 Å². The zero-order valence-electron chi connectivity index (χ0n) is 18.3. The Kier molecular flexibility index (Phi) is 5.50. The topological polar surface area (TPSA) is 101 Å². The van der Waals surface area contributed by atoms with Crippen molar-refractivity contribution in [2.24, 2.45) is 0 Å². The van der Waals surface area contributed by atoms with Crippen LogP contribution in [0.1, 0.15) is 11.1 Å². The molecule has 31 heavy (non-hydrogen) atoms. The maximum atomic E-state index is 6.27. The van der Waals surface area contributed by atoms with Crippen molar-refractivity contribution in [1.82, 2.24) is 9.97 Å². The Balaban J connectivity index is 1.76. The number of fused-ring (bicyclic) bond motifs is 2. The summed E-state index contributed by atoms with van der Waals surface area (Å²) in [5.74, 6) is 4.03. The number of rotatable bonds is 6. The van der Waals surface area contributed by atoms with Crippen LogP contribution < -0.4 is 34.3 Å². The van der Waals surface area contributed by atoms with Gasteiger partial charge in [-0.15, -0.1) is 0 Å². The summed E-state index contributed by atoms with van der Waals surface area (Å²) in [6, 6.07) is 5.58. The molecule has 1 aromatic heterocycles. The maximum absolute atomic E-state index is 6.27. The van der Waals surface area contributed by atoms with Crippen molar-refractivity contribution < 1.29 is 23.7 Å². The zero-order valence-corrected chi connectivity index (χ0v) is 18.3. The molecule has 2 N–H and O–H groups in total. The summed E-state index contributed by atoms with van der Waals surface area (Å²) >= 11 is 0. The summed E-state index contributed by atoms with van der Waals surface area (Å²) in [6.07, 6.45) is 0.742. The van der Waals surface area contributed by atoms with E-state index in [-0.39, 0.29) is 0 Å². The Morgan fingerprint density at radius 3 is 2.13 bits per heavy atom. The maximum Gasteiger partial charge on any atom is 0.228 e. The van der Waals surface area contributed by atoms with E-state index in [1.807, 2.05) is 12.1 Å². The predicted molar refractivity (Wildman–Crippen MR) is 118 cm³/mol. The van der Waals surface area contributed by atoms with Gasteiger partial charge in [0.25, 0.3) is 0 Å². The van der Waals surface area contributed by atoms with Crippen LogP contribution in [0.25, 0.3) is 10.9 Å². The standard InChI is InChI=1S/C22H26N4O5/c1-27-16-9-14-15(10-17(16)28-2)24-22(25-21(14)23)26-7-6-13-12(11-26)8-18(29-3)20(31-5)19(13)30-4/h8-10H,6-7,11H2,1-5H3,(H2,23,24,25). The average molecular weight is 426 g/mol. The Hall–Kier alpha value is -3.62. The molecule has 0 amide bonds. The molecular weight excluding hydrogens is 400 g/mol. The molecule has 0 fully saturated rings. The fourth-order valence-corrected chi connectivity index (χ4v) is 3.99. The SMILES string of the molecule is COc1cc2nc(N3CCc4c(cc(OC)c(OC)c4OC)C3)nc(N)c2cc1OC. The molecule has 0 bridgehead atoms. The monoisotopic (exact) mass is 426 g/mol. The summed E-state index contributed by atoms with van der Waals surface area (Å²) in [5, 5.41) is 0.715. The summed E-state index contributed by atoms with van der Waals surface area (Å²) in [6.45, 7) is 1.29. The largest absolute Gasteiger partial charge is 0.493 e. The smallest absolute Gasteiger partial charge is 0.228 e. The van der Waals surface area contributed by atoms with Crippen LogP contribution in [0.5, 0.6) is 28.7 Å². The molecule has 0 unspecified atom stereocenters. The van der Waals surface area contributed by atoms with Crippen molar-refractivity contribution >= 4 is 22.7 Å². The zero-order chi connectivity index (χ0) is 22.1. The van der Waals surface area contributed by atoms with Gasteiger partial charge in [0.2, 0.25) is 11.7 Å². The molecule has 0 atom stereocenters. The van der Waals surface area contributed by atoms with Gasteiger partial charge in [0.1, 0.15) is 5.82 Å². The van der Waals surface area contributed by atoms with Crippen molar-refractivity contribution in [3.05, 3.63) is 29.3 Å². The molecule has 9 heteroatoms. The second-order valence-electron chi connectivity index (χ2n) is 7.09. The van der Waals surface area contributed by atoms with Crippen molar-refractivity contribution in [2.75, 3.05) is 52.7 Å². The van der Waals surface area contributed by atoms with E-state index in [2.05, 4.69) is 9.88 Å². The normalized spacial score (nSPS) is 13.0. The van der Waals surface area contributed by atoms with Crippen molar-refractivity contribution in [3.63, 3.8) is 0 Å². The van der Waals surface area contributed by atoms with Crippen molar-refractivity contribution in [3.8, 4) is 28.7 Å². The molecule has 4 rings (SSSR count). The third kappa shape index (κ3) is 3.45. The van der Waals surface area contributed by atoms with E-state index >= 15 is 0 Å². The molecule has 2 aromatic carbocycles. The van der Waals surface area contributed by atoms with Gasteiger partial charge in [-0.3, -0.25) is 0 Å². The first kappa shape index (κ1) is 20.6. The van der Waals surface area contributed by atoms with E-state index in [0.29, 0.717) is 64.5 Å². The molecule has 0 saturated heterocycles. The predicted octanol–water partition coefficient (Wildman–Crippen LogP) is 2.82. The molecule has 164 valence electrons. The number of hydrogen-bond donors (Lipinski definition) is 1. The fraction of sp³-hybridized carbons (Fsp3) is 0.364. The molecule has 3 aromatic rings. The van der Waals surface area contributed by atoms with E-state index in [4.69, 9.17) is 34.4 Å². The van der Waals surface area contributed by atoms with Gasteiger partial charge in [-0.25, -0.2) is 4.98 Å². The van der Waals surface area contributed by atoms with Crippen LogP contribution in [0.4, 0.5) is 11.8 Å². The van der Waals surface area contributed by atoms with Gasteiger partial charge in [0.05, 0.1) is 41.1 Å². The summed E-state index contributed by atoms with van der Waals surface area (Å²) < 4.78 is 27.4. The number of anilines is 2. The number of aromatic nitrogens is 2. The second-order valence-corrected chi connectivity index (χ2v) is 7.09. The molecule has 1 aliphatic heterocycles. The third-order valence-electron chi connectivity index (χ3n) is 5.52. The van der Waals surface area contributed by atoms with Gasteiger partial charge in [-0.2, -0.15) is 4.98 Å². The van der Waals surface area contributed by atoms with Crippen LogP contribution in [0.15, 0.2) is 18.2 Å². The first-order valence-corrected chi connectivity index (χ1v) is 9.79. The fourth-order valence-electron chi connectivity index (χ4n) is 3.99. The van der Waals surface area contributed by atoms with E-state index in [1.54, 1.807) is 41.6 Å². The lowest BCUT2D eigenvalue weighted by atomic mass is 9.97.